The summed E-state index contributed by atoms with van der Waals surface area (Å²) < 4.78 is 17.4. The lowest BCUT2D eigenvalue weighted by Gasteiger charge is -2.32. The quantitative estimate of drug-likeness (QED) is 0.445. The van der Waals surface area contributed by atoms with Gasteiger partial charge in [0.25, 0.3) is 0 Å². The lowest BCUT2D eigenvalue weighted by atomic mass is 10.0. The smallest absolute Gasteiger partial charge is 0.137 e. The number of rotatable bonds is 8. The Labute approximate surface area is 214 Å². The monoisotopic (exact) mass is 485 g/mol. The Kier molecular flexibility index (Phi) is 8.16. The summed E-state index contributed by atoms with van der Waals surface area (Å²) in [5.74, 6) is 2.76. The first-order valence-electron chi connectivity index (χ1n) is 12.8. The van der Waals surface area contributed by atoms with Crippen LogP contribution in [0.2, 0.25) is 0 Å². The van der Waals surface area contributed by atoms with Crippen LogP contribution in [-0.2, 0) is 13.1 Å². The number of benzene rings is 2. The van der Waals surface area contributed by atoms with Crippen LogP contribution in [0.4, 0.5) is 0 Å². The summed E-state index contributed by atoms with van der Waals surface area (Å²) in [5, 5.41) is 0. The van der Waals surface area contributed by atoms with Crippen molar-refractivity contribution < 1.29 is 14.2 Å². The maximum atomic E-state index is 6.10. The molecule has 6 nitrogen and oxygen atoms in total. The number of fused-ring (bicyclic) bond motifs is 1. The number of hydrogen-bond donors (Lipinski definition) is 0. The van der Waals surface area contributed by atoms with Crippen molar-refractivity contribution in [1.29, 1.82) is 0 Å². The van der Waals surface area contributed by atoms with Crippen molar-refractivity contribution >= 4 is 6.08 Å². The van der Waals surface area contributed by atoms with Crippen molar-refractivity contribution in [2.45, 2.75) is 32.0 Å². The third-order valence-electron chi connectivity index (χ3n) is 6.85. The van der Waals surface area contributed by atoms with Crippen LogP contribution < -0.4 is 14.2 Å². The molecule has 0 atom stereocenters. The van der Waals surface area contributed by atoms with Crippen molar-refractivity contribution in [3.8, 4) is 17.2 Å². The second kappa shape index (κ2) is 12.1. The minimum absolute atomic E-state index is 0.269. The third kappa shape index (κ3) is 6.65. The highest BCUT2D eigenvalue weighted by molar-refractivity contribution is 5.50. The zero-order valence-electron chi connectivity index (χ0n) is 21.0. The van der Waals surface area contributed by atoms with Crippen molar-refractivity contribution in [1.82, 2.24) is 14.8 Å². The predicted molar refractivity (Wildman–Crippen MR) is 142 cm³/mol. The minimum Gasteiger partial charge on any atom is -0.497 e. The van der Waals surface area contributed by atoms with Gasteiger partial charge in [0.1, 0.15) is 30.0 Å². The molecule has 2 aliphatic rings. The first-order valence-corrected chi connectivity index (χ1v) is 12.8. The molecule has 0 radical (unpaired) electrons. The van der Waals surface area contributed by atoms with Crippen LogP contribution in [0.1, 0.15) is 29.5 Å². The second-order valence-corrected chi connectivity index (χ2v) is 9.48. The predicted octanol–water partition coefficient (Wildman–Crippen LogP) is 5.04. The van der Waals surface area contributed by atoms with Gasteiger partial charge in [0, 0.05) is 51.0 Å². The van der Waals surface area contributed by atoms with Gasteiger partial charge in [-0.15, -0.1) is 0 Å². The third-order valence-corrected chi connectivity index (χ3v) is 6.85. The Morgan fingerprint density at radius 2 is 1.86 bits per heavy atom. The second-order valence-electron chi connectivity index (χ2n) is 9.48. The average molecular weight is 486 g/mol. The fraction of sp³-hybridized carbons (Fsp3) is 0.367. The van der Waals surface area contributed by atoms with Gasteiger partial charge < -0.3 is 14.2 Å². The molecule has 1 saturated heterocycles. The number of likely N-dealkylation sites (tertiary alicyclic amines) is 1. The van der Waals surface area contributed by atoms with E-state index in [9.17, 15) is 0 Å². The van der Waals surface area contributed by atoms with E-state index in [0.29, 0.717) is 6.61 Å². The summed E-state index contributed by atoms with van der Waals surface area (Å²) >= 11 is 0. The molecule has 0 N–H and O–H groups in total. The Balaban J connectivity index is 1.13. The zero-order valence-corrected chi connectivity index (χ0v) is 21.0. The first kappa shape index (κ1) is 24.3. The molecule has 5 rings (SSSR count). The zero-order chi connectivity index (χ0) is 24.6. The van der Waals surface area contributed by atoms with Crippen LogP contribution in [0, 0.1) is 0 Å². The van der Waals surface area contributed by atoms with Gasteiger partial charge in [0.15, 0.2) is 0 Å². The van der Waals surface area contributed by atoms with Gasteiger partial charge in [0.2, 0.25) is 0 Å². The van der Waals surface area contributed by atoms with Crippen molar-refractivity contribution in [2.75, 3.05) is 39.9 Å². The molecule has 3 heterocycles. The molecule has 0 bridgehead atoms. The Bertz CT molecular complexity index is 1130. The summed E-state index contributed by atoms with van der Waals surface area (Å²) in [6.07, 6.45) is 10.3. The van der Waals surface area contributed by atoms with Crippen LogP contribution in [0.3, 0.4) is 0 Å². The van der Waals surface area contributed by atoms with Crippen LogP contribution in [-0.4, -0.2) is 60.8 Å². The molecule has 2 aromatic carbocycles. The lowest BCUT2D eigenvalue weighted by molar-refractivity contribution is 0.0965. The van der Waals surface area contributed by atoms with Crippen molar-refractivity contribution in [3.05, 3.63) is 89.8 Å². The highest BCUT2D eigenvalue weighted by Crippen LogP contribution is 2.26. The molecule has 0 amide bonds. The lowest BCUT2D eigenvalue weighted by Crippen LogP contribution is -2.37. The first-order chi connectivity index (χ1) is 17.7. The van der Waals surface area contributed by atoms with E-state index in [4.69, 9.17) is 14.2 Å². The van der Waals surface area contributed by atoms with Gasteiger partial charge >= 0.3 is 0 Å². The van der Waals surface area contributed by atoms with Crippen LogP contribution in [0.5, 0.6) is 17.2 Å². The number of ether oxygens (including phenoxy) is 3. The van der Waals surface area contributed by atoms with Crippen molar-refractivity contribution in [3.63, 3.8) is 0 Å². The van der Waals surface area contributed by atoms with Crippen molar-refractivity contribution in [2.24, 2.45) is 0 Å². The van der Waals surface area contributed by atoms with E-state index in [0.717, 1.165) is 69.4 Å². The highest BCUT2D eigenvalue weighted by atomic mass is 16.5. The van der Waals surface area contributed by atoms with Gasteiger partial charge in [-0.25, -0.2) is 0 Å². The Hall–Kier alpha value is -3.35. The van der Waals surface area contributed by atoms with Crippen LogP contribution in [0.25, 0.3) is 6.08 Å². The van der Waals surface area contributed by atoms with Gasteiger partial charge in [-0.3, -0.25) is 14.8 Å². The molecule has 1 aromatic heterocycles. The van der Waals surface area contributed by atoms with Gasteiger partial charge in [-0.05, 0) is 60.4 Å². The number of aromatic nitrogens is 1. The normalized spacial score (nSPS) is 17.4. The van der Waals surface area contributed by atoms with Gasteiger partial charge in [-0.1, -0.05) is 30.4 Å². The fourth-order valence-electron chi connectivity index (χ4n) is 4.86. The fourth-order valence-corrected chi connectivity index (χ4v) is 4.86. The molecule has 0 unspecified atom stereocenters. The number of pyridine rings is 1. The molecule has 3 aromatic rings. The maximum absolute atomic E-state index is 6.10. The van der Waals surface area contributed by atoms with E-state index in [-0.39, 0.29) is 6.10 Å². The average Bonchev–Trinajstić information content (AvgIpc) is 3.12. The highest BCUT2D eigenvalue weighted by Gasteiger charge is 2.21. The number of methoxy groups -OCH3 is 1. The molecule has 2 aliphatic heterocycles. The van der Waals surface area contributed by atoms with E-state index in [2.05, 4.69) is 57.3 Å². The molecule has 0 spiro atoms. The van der Waals surface area contributed by atoms with E-state index < -0.39 is 0 Å². The van der Waals surface area contributed by atoms with E-state index >= 15 is 0 Å². The molecule has 36 heavy (non-hydrogen) atoms. The number of nitrogens with zero attached hydrogens (tertiary/aromatic N) is 3. The molecule has 1 fully saturated rings. The van der Waals surface area contributed by atoms with Crippen LogP contribution in [0.15, 0.2) is 73.1 Å². The minimum atomic E-state index is 0.269. The summed E-state index contributed by atoms with van der Waals surface area (Å²) in [4.78, 5) is 9.11. The Morgan fingerprint density at radius 3 is 2.64 bits per heavy atom. The molecule has 0 saturated carbocycles. The maximum Gasteiger partial charge on any atom is 0.137 e. The topological polar surface area (TPSA) is 47.1 Å². The molecular formula is C30H35N3O3. The molecule has 188 valence electrons. The summed E-state index contributed by atoms with van der Waals surface area (Å²) in [6, 6.07) is 18.8. The van der Waals surface area contributed by atoms with Gasteiger partial charge in [-0.2, -0.15) is 0 Å². The molecular weight excluding hydrogens is 450 g/mol. The van der Waals surface area contributed by atoms with Crippen LogP contribution >= 0.6 is 0 Å². The summed E-state index contributed by atoms with van der Waals surface area (Å²) in [6.45, 7) is 6.47. The standard InChI is InChI=1S/C30H35N3O3/c1-34-27-9-6-24(7-10-27)4-3-15-32-18-19-35-30-11-8-25(20-26(30)23-32)22-33-16-12-28(13-17-33)36-29-5-2-14-31-21-29/h2-11,14,20-21,28H,12-13,15-19,22-23H2,1H3. The largest absolute Gasteiger partial charge is 0.497 e. The number of hydrogen-bond acceptors (Lipinski definition) is 6. The summed E-state index contributed by atoms with van der Waals surface area (Å²) in [5.41, 5.74) is 3.80. The number of piperidine rings is 1. The summed E-state index contributed by atoms with van der Waals surface area (Å²) in [7, 11) is 1.69. The van der Waals surface area contributed by atoms with E-state index in [1.165, 1.54) is 16.7 Å². The SMILES string of the molecule is COc1ccc(C=CCN2CCOc3ccc(CN4CCC(Oc5cccnc5)CC4)cc3C2)cc1. The Morgan fingerprint density at radius 1 is 1.00 bits per heavy atom. The molecule has 0 aliphatic carbocycles. The van der Waals surface area contributed by atoms with E-state index in [1.807, 2.05) is 24.3 Å². The van der Waals surface area contributed by atoms with E-state index in [1.54, 1.807) is 19.5 Å². The van der Waals surface area contributed by atoms with Gasteiger partial charge in [0.05, 0.1) is 13.3 Å². The molecule has 6 heteroatoms.